The van der Waals surface area contributed by atoms with Crippen molar-refractivity contribution in [2.45, 2.75) is 24.3 Å². The fourth-order valence-corrected chi connectivity index (χ4v) is 2.84. The van der Waals surface area contributed by atoms with Crippen molar-refractivity contribution in [1.82, 2.24) is 5.32 Å². The number of rotatable bonds is 7. The molecule has 0 saturated carbocycles. The minimum Gasteiger partial charge on any atom is -0.345 e. The van der Waals surface area contributed by atoms with Crippen LogP contribution in [-0.2, 0) is 16.0 Å². The molecule has 0 aliphatic carbocycles. The van der Waals surface area contributed by atoms with Gasteiger partial charge in [0.25, 0.3) is 0 Å². The number of benzene rings is 2. The normalized spacial score (nSPS) is 11.7. The van der Waals surface area contributed by atoms with Crippen molar-refractivity contribution in [3.8, 4) is 0 Å². The van der Waals surface area contributed by atoms with Gasteiger partial charge in [0.15, 0.2) is 5.78 Å². The molecule has 2 aromatic rings. The zero-order valence-electron chi connectivity index (χ0n) is 12.8. The summed E-state index contributed by atoms with van der Waals surface area (Å²) in [4.78, 5) is 24.2. The molecule has 0 saturated heterocycles. The van der Waals surface area contributed by atoms with Gasteiger partial charge in [0.1, 0.15) is 5.82 Å². The van der Waals surface area contributed by atoms with Gasteiger partial charge in [0.05, 0.1) is 11.8 Å². The molecule has 1 atom stereocenters. The third kappa shape index (κ3) is 5.53. The molecular weight excluding hydrogens is 313 g/mol. The quantitative estimate of drug-likeness (QED) is 0.792. The van der Waals surface area contributed by atoms with Crippen molar-refractivity contribution in [2.75, 3.05) is 5.75 Å². The number of Topliss-reactive ketones (excluding diaryl/α,β-unsaturated/α-hetero) is 1. The molecule has 0 unspecified atom stereocenters. The molecule has 0 bridgehead atoms. The number of hydrogen-bond acceptors (Lipinski definition) is 3. The summed E-state index contributed by atoms with van der Waals surface area (Å²) in [6.45, 7) is 1.46. The lowest BCUT2D eigenvalue weighted by Gasteiger charge is -2.16. The van der Waals surface area contributed by atoms with Crippen molar-refractivity contribution in [3.05, 3.63) is 66.0 Å². The van der Waals surface area contributed by atoms with E-state index in [2.05, 4.69) is 5.32 Å². The predicted octanol–water partition coefficient (Wildman–Crippen LogP) is 3.23. The third-order valence-electron chi connectivity index (χ3n) is 3.30. The lowest BCUT2D eigenvalue weighted by molar-refractivity contribution is -0.125. The molecule has 5 heteroatoms. The Morgan fingerprint density at radius 1 is 1.09 bits per heavy atom. The molecule has 0 spiro atoms. The molecule has 1 N–H and O–H groups in total. The number of hydrogen-bond donors (Lipinski definition) is 1. The number of halogens is 1. The highest BCUT2D eigenvalue weighted by Gasteiger charge is 2.18. The lowest BCUT2D eigenvalue weighted by Crippen LogP contribution is -2.42. The summed E-state index contributed by atoms with van der Waals surface area (Å²) in [6.07, 6.45) is 0.451. The van der Waals surface area contributed by atoms with Gasteiger partial charge < -0.3 is 5.32 Å². The van der Waals surface area contributed by atoms with E-state index in [1.54, 1.807) is 18.2 Å². The second-order valence-electron chi connectivity index (χ2n) is 5.14. The lowest BCUT2D eigenvalue weighted by atomic mass is 10.0. The van der Waals surface area contributed by atoms with Crippen LogP contribution in [0.5, 0.6) is 0 Å². The molecular formula is C18H18FNO2S. The van der Waals surface area contributed by atoms with E-state index >= 15 is 0 Å². The van der Waals surface area contributed by atoms with Crippen LogP contribution in [0.25, 0.3) is 0 Å². The zero-order valence-corrected chi connectivity index (χ0v) is 13.6. The Labute approximate surface area is 139 Å². The predicted molar refractivity (Wildman–Crippen MR) is 89.9 cm³/mol. The van der Waals surface area contributed by atoms with Crippen LogP contribution < -0.4 is 5.32 Å². The van der Waals surface area contributed by atoms with E-state index in [1.165, 1.54) is 13.0 Å². The number of ketones is 1. The first-order valence-electron chi connectivity index (χ1n) is 7.27. The number of nitrogens with one attached hydrogen (secondary N) is 1. The van der Waals surface area contributed by atoms with Crippen LogP contribution in [0, 0.1) is 5.82 Å². The van der Waals surface area contributed by atoms with E-state index in [4.69, 9.17) is 0 Å². The number of carbonyl (C=O) groups excluding carboxylic acids is 2. The summed E-state index contributed by atoms with van der Waals surface area (Å²) >= 11 is 1.12. The number of amides is 1. The molecule has 0 aliphatic heterocycles. The Kier molecular flexibility index (Phi) is 6.35. The maximum atomic E-state index is 13.5. The van der Waals surface area contributed by atoms with Crippen LogP contribution in [-0.4, -0.2) is 23.5 Å². The van der Waals surface area contributed by atoms with Gasteiger partial charge in [-0.2, -0.15) is 0 Å². The summed E-state index contributed by atoms with van der Waals surface area (Å²) in [5.41, 5.74) is 0.981. The Morgan fingerprint density at radius 3 is 2.39 bits per heavy atom. The molecule has 120 valence electrons. The molecule has 0 aromatic heterocycles. The maximum Gasteiger partial charge on any atom is 0.230 e. The average Bonchev–Trinajstić information content (AvgIpc) is 2.54. The largest absolute Gasteiger partial charge is 0.345 e. The second-order valence-corrected chi connectivity index (χ2v) is 6.16. The third-order valence-corrected chi connectivity index (χ3v) is 4.35. The molecule has 0 fully saturated rings. The van der Waals surface area contributed by atoms with Gasteiger partial charge in [-0.3, -0.25) is 9.59 Å². The van der Waals surface area contributed by atoms with E-state index < -0.39 is 6.04 Å². The van der Waals surface area contributed by atoms with Crippen LogP contribution >= 0.6 is 11.8 Å². The molecule has 0 heterocycles. The molecule has 1 amide bonds. The standard InChI is InChI=1S/C18H18FNO2S/c1-13(21)16(11-14-7-3-2-4-8-14)20-18(22)12-23-17-10-6-5-9-15(17)19/h2-10,16H,11-12H2,1H3,(H,20,22)/t16-/m1/s1. The summed E-state index contributed by atoms with van der Waals surface area (Å²) in [7, 11) is 0. The van der Waals surface area contributed by atoms with Crippen molar-refractivity contribution in [1.29, 1.82) is 0 Å². The number of thioether (sulfide) groups is 1. The van der Waals surface area contributed by atoms with E-state index in [1.807, 2.05) is 30.3 Å². The van der Waals surface area contributed by atoms with Crippen molar-refractivity contribution < 1.29 is 14.0 Å². The summed E-state index contributed by atoms with van der Waals surface area (Å²) in [5.74, 6) is -0.662. The highest BCUT2D eigenvalue weighted by Crippen LogP contribution is 2.20. The first-order valence-corrected chi connectivity index (χ1v) is 8.26. The van der Waals surface area contributed by atoms with Gasteiger partial charge in [0, 0.05) is 4.90 Å². The van der Waals surface area contributed by atoms with Gasteiger partial charge in [-0.15, -0.1) is 11.8 Å². The van der Waals surface area contributed by atoms with Gasteiger partial charge in [-0.25, -0.2) is 4.39 Å². The van der Waals surface area contributed by atoms with E-state index in [9.17, 15) is 14.0 Å². The molecule has 0 radical (unpaired) electrons. The number of carbonyl (C=O) groups is 2. The Hall–Kier alpha value is -2.14. The Balaban J connectivity index is 1.91. The van der Waals surface area contributed by atoms with Gasteiger partial charge in [0.2, 0.25) is 5.91 Å². The van der Waals surface area contributed by atoms with Gasteiger partial charge in [-0.1, -0.05) is 42.5 Å². The first-order chi connectivity index (χ1) is 11.1. The monoisotopic (exact) mass is 331 g/mol. The van der Waals surface area contributed by atoms with Crippen LogP contribution in [0.2, 0.25) is 0 Å². The molecule has 2 rings (SSSR count). The van der Waals surface area contributed by atoms with E-state index in [0.717, 1.165) is 17.3 Å². The summed E-state index contributed by atoms with van der Waals surface area (Å²) < 4.78 is 13.5. The van der Waals surface area contributed by atoms with Crippen LogP contribution in [0.4, 0.5) is 4.39 Å². The van der Waals surface area contributed by atoms with Crippen LogP contribution in [0.15, 0.2) is 59.5 Å². The maximum absolute atomic E-state index is 13.5. The highest BCUT2D eigenvalue weighted by molar-refractivity contribution is 8.00. The van der Waals surface area contributed by atoms with Gasteiger partial charge in [-0.05, 0) is 31.0 Å². The minimum absolute atomic E-state index is 0.0690. The fraction of sp³-hybridized carbons (Fsp3) is 0.222. The minimum atomic E-state index is -0.564. The van der Waals surface area contributed by atoms with Crippen molar-refractivity contribution in [3.63, 3.8) is 0 Å². The van der Waals surface area contributed by atoms with E-state index in [0.29, 0.717) is 11.3 Å². The fourth-order valence-electron chi connectivity index (χ4n) is 2.09. The second kappa shape index (κ2) is 8.48. The summed E-state index contributed by atoms with van der Waals surface area (Å²) in [5, 5.41) is 2.72. The highest BCUT2D eigenvalue weighted by atomic mass is 32.2. The molecule has 2 aromatic carbocycles. The SMILES string of the molecule is CC(=O)[C@@H](Cc1ccccc1)NC(=O)CSc1ccccc1F. The molecule has 3 nitrogen and oxygen atoms in total. The zero-order chi connectivity index (χ0) is 16.7. The van der Waals surface area contributed by atoms with Crippen molar-refractivity contribution in [2.24, 2.45) is 0 Å². The smallest absolute Gasteiger partial charge is 0.230 e. The Morgan fingerprint density at radius 2 is 1.74 bits per heavy atom. The van der Waals surface area contributed by atoms with Crippen LogP contribution in [0.3, 0.4) is 0 Å². The topological polar surface area (TPSA) is 46.2 Å². The first kappa shape index (κ1) is 17.2. The van der Waals surface area contributed by atoms with Gasteiger partial charge >= 0.3 is 0 Å². The van der Waals surface area contributed by atoms with Crippen LogP contribution in [0.1, 0.15) is 12.5 Å². The Bertz CT molecular complexity index is 676. The van der Waals surface area contributed by atoms with E-state index in [-0.39, 0.29) is 23.3 Å². The molecule has 23 heavy (non-hydrogen) atoms. The molecule has 0 aliphatic rings. The summed E-state index contributed by atoms with van der Waals surface area (Å²) in [6, 6.07) is 15.2. The average molecular weight is 331 g/mol. The van der Waals surface area contributed by atoms with Crippen molar-refractivity contribution >= 4 is 23.5 Å².